The van der Waals surface area contributed by atoms with Crippen molar-refractivity contribution in [3.8, 4) is 0 Å². The summed E-state index contributed by atoms with van der Waals surface area (Å²) in [6.45, 7) is 5.93. The Kier molecular flexibility index (Phi) is 5.94. The van der Waals surface area contributed by atoms with Gasteiger partial charge in [0, 0.05) is 29.4 Å². The van der Waals surface area contributed by atoms with E-state index >= 15 is 0 Å². The van der Waals surface area contributed by atoms with Gasteiger partial charge in [-0.3, -0.25) is 9.69 Å². The van der Waals surface area contributed by atoms with Gasteiger partial charge in [0.1, 0.15) is 5.82 Å². The second kappa shape index (κ2) is 8.19. The maximum atomic E-state index is 14.0. The number of hydrogen-bond donors (Lipinski definition) is 1. The molecule has 3 nitrogen and oxygen atoms in total. The van der Waals surface area contributed by atoms with E-state index in [2.05, 4.69) is 10.2 Å². The summed E-state index contributed by atoms with van der Waals surface area (Å²) in [5, 5.41) is 3.50. The fourth-order valence-electron chi connectivity index (χ4n) is 3.44. The van der Waals surface area contributed by atoms with E-state index in [-0.39, 0.29) is 17.6 Å². The van der Waals surface area contributed by atoms with E-state index < -0.39 is 0 Å². The third-order valence-electron chi connectivity index (χ3n) is 5.18. The molecule has 2 aromatic carbocycles. The summed E-state index contributed by atoms with van der Waals surface area (Å²) in [5.41, 5.74) is 3.61. The van der Waals surface area contributed by atoms with Crippen LogP contribution in [0, 0.1) is 25.6 Å². The van der Waals surface area contributed by atoms with Crippen LogP contribution in [0.5, 0.6) is 0 Å². The fourth-order valence-corrected chi connectivity index (χ4v) is 3.66. The molecule has 0 bridgehead atoms. The highest BCUT2D eigenvalue weighted by molar-refractivity contribution is 6.31. The van der Waals surface area contributed by atoms with Gasteiger partial charge < -0.3 is 5.32 Å². The highest BCUT2D eigenvalue weighted by Crippen LogP contribution is 2.26. The van der Waals surface area contributed by atoms with Gasteiger partial charge in [-0.15, -0.1) is 0 Å². The Hall–Kier alpha value is -1.91. The number of aryl methyl sites for hydroxylation is 1. The number of carbonyl (C=O) groups is 1. The van der Waals surface area contributed by atoms with Crippen LogP contribution >= 0.6 is 11.6 Å². The highest BCUT2D eigenvalue weighted by Gasteiger charge is 2.27. The Labute approximate surface area is 159 Å². The zero-order chi connectivity index (χ0) is 18.7. The number of likely N-dealkylation sites (tertiary alicyclic amines) is 1. The van der Waals surface area contributed by atoms with E-state index in [4.69, 9.17) is 11.6 Å². The zero-order valence-corrected chi connectivity index (χ0v) is 15.9. The molecule has 1 heterocycles. The van der Waals surface area contributed by atoms with Crippen molar-refractivity contribution in [2.45, 2.75) is 33.2 Å². The van der Waals surface area contributed by atoms with Crippen LogP contribution in [0.4, 0.5) is 10.1 Å². The van der Waals surface area contributed by atoms with E-state index in [1.165, 1.54) is 6.07 Å². The molecular weight excluding hydrogens is 351 g/mol. The van der Waals surface area contributed by atoms with Crippen LogP contribution in [0.15, 0.2) is 36.4 Å². The van der Waals surface area contributed by atoms with Crippen molar-refractivity contribution in [3.05, 3.63) is 63.9 Å². The molecule has 0 aliphatic carbocycles. The minimum atomic E-state index is -0.292. The summed E-state index contributed by atoms with van der Waals surface area (Å²) in [7, 11) is 0. The lowest BCUT2D eigenvalue weighted by atomic mass is 9.96. The Morgan fingerprint density at radius 3 is 2.81 bits per heavy atom. The van der Waals surface area contributed by atoms with Crippen molar-refractivity contribution >= 4 is 23.2 Å². The normalized spacial score (nSPS) is 17.9. The SMILES string of the molecule is Cc1cccc(NC(=O)C2CCCN(Cc3c(F)cccc3Cl)C2)c1C. The number of nitrogens with one attached hydrogen (secondary N) is 1. The number of anilines is 1. The van der Waals surface area contributed by atoms with E-state index in [1.54, 1.807) is 12.1 Å². The smallest absolute Gasteiger partial charge is 0.228 e. The van der Waals surface area contributed by atoms with E-state index in [1.807, 2.05) is 32.0 Å². The number of halogens is 2. The maximum Gasteiger partial charge on any atom is 0.228 e. The average Bonchev–Trinajstić information content (AvgIpc) is 2.62. The lowest BCUT2D eigenvalue weighted by molar-refractivity contribution is -0.121. The summed E-state index contributed by atoms with van der Waals surface area (Å²) in [5.74, 6) is -0.364. The van der Waals surface area contributed by atoms with Gasteiger partial charge in [-0.05, 0) is 62.6 Å². The third kappa shape index (κ3) is 4.25. The largest absolute Gasteiger partial charge is 0.326 e. The molecule has 1 N–H and O–H groups in total. The number of rotatable bonds is 4. The van der Waals surface area contributed by atoms with Crippen LogP contribution < -0.4 is 5.32 Å². The van der Waals surface area contributed by atoms with Crippen LogP contribution in [-0.4, -0.2) is 23.9 Å². The number of benzene rings is 2. The summed E-state index contributed by atoms with van der Waals surface area (Å²) in [6.07, 6.45) is 1.76. The first-order valence-corrected chi connectivity index (χ1v) is 9.36. The Balaban J connectivity index is 1.66. The van der Waals surface area contributed by atoms with Gasteiger partial charge in [0.15, 0.2) is 0 Å². The number of nitrogens with zero attached hydrogens (tertiary/aromatic N) is 1. The Morgan fingerprint density at radius 1 is 1.27 bits per heavy atom. The molecule has 0 radical (unpaired) electrons. The molecule has 1 amide bonds. The van der Waals surface area contributed by atoms with Crippen LogP contribution in [0.2, 0.25) is 5.02 Å². The molecule has 1 atom stereocenters. The molecule has 1 unspecified atom stereocenters. The third-order valence-corrected chi connectivity index (χ3v) is 5.54. The topological polar surface area (TPSA) is 32.3 Å². The van der Waals surface area contributed by atoms with Crippen molar-refractivity contribution < 1.29 is 9.18 Å². The van der Waals surface area contributed by atoms with Crippen molar-refractivity contribution in [2.24, 2.45) is 5.92 Å². The fraction of sp³-hybridized carbons (Fsp3) is 0.381. The first-order valence-electron chi connectivity index (χ1n) is 8.98. The number of piperidine rings is 1. The van der Waals surface area contributed by atoms with Gasteiger partial charge in [0.2, 0.25) is 5.91 Å². The lowest BCUT2D eigenvalue weighted by Crippen LogP contribution is -2.40. The highest BCUT2D eigenvalue weighted by atomic mass is 35.5. The van der Waals surface area contributed by atoms with Crippen LogP contribution in [0.1, 0.15) is 29.5 Å². The van der Waals surface area contributed by atoms with Gasteiger partial charge in [0.05, 0.1) is 5.92 Å². The summed E-state index contributed by atoms with van der Waals surface area (Å²) in [4.78, 5) is 14.8. The number of hydrogen-bond acceptors (Lipinski definition) is 2. The van der Waals surface area contributed by atoms with Gasteiger partial charge in [-0.25, -0.2) is 4.39 Å². The van der Waals surface area contributed by atoms with E-state index in [0.717, 1.165) is 36.2 Å². The minimum absolute atomic E-state index is 0.0306. The molecule has 138 valence electrons. The van der Waals surface area contributed by atoms with Crippen LogP contribution in [0.3, 0.4) is 0 Å². The van der Waals surface area contributed by atoms with Gasteiger partial charge in [-0.1, -0.05) is 29.8 Å². The zero-order valence-electron chi connectivity index (χ0n) is 15.2. The van der Waals surface area contributed by atoms with Gasteiger partial charge in [-0.2, -0.15) is 0 Å². The summed E-state index contributed by atoms with van der Waals surface area (Å²) < 4.78 is 14.0. The molecular formula is C21H24ClFN2O. The van der Waals surface area contributed by atoms with Crippen molar-refractivity contribution in [3.63, 3.8) is 0 Å². The first-order chi connectivity index (χ1) is 12.5. The van der Waals surface area contributed by atoms with E-state index in [9.17, 15) is 9.18 Å². The number of amides is 1. The van der Waals surface area contributed by atoms with Crippen molar-refractivity contribution in [2.75, 3.05) is 18.4 Å². The Bertz CT molecular complexity index is 788. The first kappa shape index (κ1) is 18.9. The van der Waals surface area contributed by atoms with Gasteiger partial charge >= 0.3 is 0 Å². The Morgan fingerprint density at radius 2 is 2.04 bits per heavy atom. The molecule has 26 heavy (non-hydrogen) atoms. The van der Waals surface area contributed by atoms with Crippen molar-refractivity contribution in [1.29, 1.82) is 0 Å². The summed E-state index contributed by atoms with van der Waals surface area (Å²) in [6, 6.07) is 10.7. The second-order valence-corrected chi connectivity index (χ2v) is 7.42. The average molecular weight is 375 g/mol. The minimum Gasteiger partial charge on any atom is -0.326 e. The molecule has 1 fully saturated rings. The van der Waals surface area contributed by atoms with Crippen molar-refractivity contribution in [1.82, 2.24) is 4.90 Å². The molecule has 2 aromatic rings. The monoisotopic (exact) mass is 374 g/mol. The second-order valence-electron chi connectivity index (χ2n) is 7.01. The predicted molar refractivity (Wildman–Crippen MR) is 104 cm³/mol. The lowest BCUT2D eigenvalue weighted by Gasteiger charge is -2.32. The van der Waals surface area contributed by atoms with Gasteiger partial charge in [0.25, 0.3) is 0 Å². The molecule has 0 saturated carbocycles. The molecule has 1 saturated heterocycles. The van der Waals surface area contributed by atoms with E-state index in [0.29, 0.717) is 23.7 Å². The molecule has 1 aliphatic heterocycles. The van der Waals surface area contributed by atoms with Crippen LogP contribution in [-0.2, 0) is 11.3 Å². The number of carbonyl (C=O) groups excluding carboxylic acids is 1. The molecule has 0 aromatic heterocycles. The van der Waals surface area contributed by atoms with Crippen LogP contribution in [0.25, 0.3) is 0 Å². The molecule has 1 aliphatic rings. The quantitative estimate of drug-likeness (QED) is 0.821. The maximum absolute atomic E-state index is 14.0. The predicted octanol–water partition coefficient (Wildman–Crippen LogP) is 4.95. The standard InChI is InChI=1S/C21H24ClFN2O/c1-14-6-3-10-20(15(14)2)24-21(26)16-7-5-11-25(12-16)13-17-18(22)8-4-9-19(17)23/h3-4,6,8-10,16H,5,7,11-13H2,1-2H3,(H,24,26). The molecule has 5 heteroatoms. The molecule has 0 spiro atoms. The summed E-state index contributed by atoms with van der Waals surface area (Å²) >= 11 is 6.14. The molecule has 3 rings (SSSR count).